The van der Waals surface area contributed by atoms with E-state index in [2.05, 4.69) is 147 Å². The molecule has 20 heteroatoms. The number of para-hydroxylation sites is 1. The fourth-order valence-electron chi connectivity index (χ4n) is 14.0. The third-order valence-electron chi connectivity index (χ3n) is 17.6. The number of pyridine rings is 8. The number of aryl methyl sites for hydroxylation is 5. The largest absolute Gasteiger partial charge is 0.419 e. The van der Waals surface area contributed by atoms with Crippen molar-refractivity contribution in [3.05, 3.63) is 200 Å². The van der Waals surface area contributed by atoms with Crippen LogP contribution in [-0.4, -0.2) is 67.3 Å². The molecule has 0 bridgehead atoms. The van der Waals surface area contributed by atoms with Gasteiger partial charge in [-0.2, -0.15) is 4.57 Å². The maximum Gasteiger partial charge on any atom is 0.339 e. The van der Waals surface area contributed by atoms with Crippen molar-refractivity contribution >= 4 is 98.1 Å². The van der Waals surface area contributed by atoms with Gasteiger partial charge in [0, 0.05) is 132 Å². The quantitative estimate of drug-likeness (QED) is 0.146. The average molecular weight is 1160 g/mol. The number of furan rings is 1. The summed E-state index contributed by atoms with van der Waals surface area (Å²) in [5.41, 5.74) is 19.3. The molecule has 19 nitrogen and oxygen atoms in total. The van der Waals surface area contributed by atoms with Crippen molar-refractivity contribution in [1.82, 2.24) is 67.3 Å². The van der Waals surface area contributed by atoms with Gasteiger partial charge in [0.1, 0.15) is 35.4 Å². The molecule has 0 saturated carbocycles. The lowest BCUT2D eigenvalue weighted by molar-refractivity contribution is -0.640. The second kappa shape index (κ2) is 18.4. The summed E-state index contributed by atoms with van der Waals surface area (Å²) in [6, 6.07) is 26.3. The van der Waals surface area contributed by atoms with Gasteiger partial charge in [0.05, 0.1) is 100 Å². The third-order valence-corrected chi connectivity index (χ3v) is 18.9. The highest BCUT2D eigenvalue weighted by Gasteiger charge is 2.39. The lowest BCUT2D eigenvalue weighted by Crippen LogP contribution is -2.31. The van der Waals surface area contributed by atoms with Gasteiger partial charge in [-0.15, -0.1) is 0 Å². The first-order valence-electron chi connectivity index (χ1n) is 31.3. The van der Waals surface area contributed by atoms with E-state index in [0.717, 1.165) is 67.8 Å². The maximum absolute atomic E-state index is 8.11. The summed E-state index contributed by atoms with van der Waals surface area (Å²) in [4.78, 5) is 35.3. The van der Waals surface area contributed by atoms with Gasteiger partial charge in [0.2, 0.25) is 22.0 Å². The lowest BCUT2D eigenvalue weighted by atomic mass is 10.2. The van der Waals surface area contributed by atoms with E-state index in [9.17, 15) is 0 Å². The zero-order valence-electron chi connectivity index (χ0n) is 52.9. The van der Waals surface area contributed by atoms with E-state index in [0.29, 0.717) is 28.8 Å². The van der Waals surface area contributed by atoms with Crippen molar-refractivity contribution in [2.75, 3.05) is 0 Å². The molecule has 0 aliphatic carbocycles. The standard InChI is InChI=1S/C21H16N5.C16H14N5.C15H11N4O.C15H11N4S/c1-24-20-16-7-9-22-11-14(16)13-25(20)19-17-12-23-10-8-18(17)26(21(19)24)15-5-3-2-4-6-15;1-19-13-4-6-18-8-12(13)14-16(19)20(2)15-11-3-5-17-7-10(11)9-21(14)15;2*1-18-14-10-2-4-16-6-9(10)8-19(14)13-11-7-17-5-3-12(11)20-15(13)18/h2-12H,13H2,1H3;3-8H,9H2,1-2H3;2*2-7H,8H2,1H3/q4*+1/i;1D3,2D3;;. The molecule has 418 valence electrons. The summed E-state index contributed by atoms with van der Waals surface area (Å²) in [7, 11) is 6.33. The highest BCUT2D eigenvalue weighted by molar-refractivity contribution is 7.25. The topological polar surface area (TPSA) is 161 Å². The van der Waals surface area contributed by atoms with Crippen LogP contribution in [0.5, 0.6) is 0 Å². The summed E-state index contributed by atoms with van der Waals surface area (Å²) in [5, 5.41) is 4.09. The van der Waals surface area contributed by atoms with Crippen molar-refractivity contribution in [3.8, 4) is 51.2 Å². The Balaban J connectivity index is 0.0000000920. The van der Waals surface area contributed by atoms with Gasteiger partial charge in [0.15, 0.2) is 16.6 Å². The zero-order chi connectivity index (χ0) is 62.9. The van der Waals surface area contributed by atoms with Gasteiger partial charge < -0.3 is 4.42 Å². The molecule has 0 amide bonds. The number of nitrogens with zero attached hydrogens (tertiary/aromatic N) is 18. The summed E-state index contributed by atoms with van der Waals surface area (Å²) in [6.45, 7) is -2.10. The number of hydrogen-bond donors (Lipinski definition) is 0. The van der Waals surface area contributed by atoms with E-state index in [1.54, 1.807) is 36.9 Å². The Kier molecular flexibility index (Phi) is 9.22. The third kappa shape index (κ3) is 6.85. The van der Waals surface area contributed by atoms with Crippen LogP contribution in [0.15, 0.2) is 182 Å². The van der Waals surface area contributed by atoms with Crippen LogP contribution in [0, 0.1) is 0 Å². The van der Waals surface area contributed by atoms with Crippen LogP contribution in [0.25, 0.3) is 138 Å². The molecule has 87 heavy (non-hydrogen) atoms. The minimum atomic E-state index is -2.56. The molecule has 0 saturated heterocycles. The number of imidazole rings is 4. The monoisotopic (exact) mass is 1160 g/mol. The van der Waals surface area contributed by atoms with Crippen molar-refractivity contribution in [3.63, 3.8) is 0 Å². The van der Waals surface area contributed by atoms with E-state index in [-0.39, 0.29) is 5.65 Å². The van der Waals surface area contributed by atoms with E-state index < -0.39 is 14.0 Å². The number of hydrogen-bond acceptors (Lipinski definition) is 10. The SMILES string of the molecule is C[n+]1c2n(c3c4cnccc4n(-c4ccccc4)c31)Cc1cnccc1-2.C[n+]1c2n(c3c4cnccc4oc31)Cc1cnccc1-2.C[n+]1c2n(c3c4cnccc4sc31)Cc1cnccc1-2.[2H]C([2H])([2H])n1c2ccncc2c2c1[n+](C([2H])([2H])[2H])c1n2Cc2cnccc2-1. The molecule has 4 aliphatic rings. The summed E-state index contributed by atoms with van der Waals surface area (Å²) >= 11 is 1.83. The van der Waals surface area contributed by atoms with Gasteiger partial charge in [0.25, 0.3) is 22.9 Å². The number of thiophene rings is 1. The second-order valence-electron chi connectivity index (χ2n) is 22.2. The first-order chi connectivity index (χ1) is 45.2. The van der Waals surface area contributed by atoms with Crippen LogP contribution >= 0.6 is 11.3 Å². The van der Waals surface area contributed by atoms with E-state index in [1.165, 1.54) is 99.6 Å². The molecule has 1 aromatic carbocycles. The molecule has 16 aromatic heterocycles. The highest BCUT2D eigenvalue weighted by atomic mass is 32.1. The summed E-state index contributed by atoms with van der Waals surface area (Å²) < 4.78 is 75.9. The average Bonchev–Trinajstić information content (AvgIpc) is 1.57. The molecule has 0 N–H and O–H groups in total. The Labute approximate surface area is 506 Å². The zero-order valence-corrected chi connectivity index (χ0v) is 47.8. The Bertz CT molecular complexity index is 5840. The predicted octanol–water partition coefficient (Wildman–Crippen LogP) is 9.53. The Morgan fingerprint density at radius 1 is 0.437 bits per heavy atom. The molecule has 20 heterocycles. The fourth-order valence-corrected chi connectivity index (χ4v) is 15.1. The molecule has 21 rings (SSSR count). The first kappa shape index (κ1) is 43.5. The highest BCUT2D eigenvalue weighted by Crippen LogP contribution is 2.42. The van der Waals surface area contributed by atoms with Crippen molar-refractivity contribution < 1.29 is 30.9 Å². The molecule has 0 atom stereocenters. The second-order valence-corrected chi connectivity index (χ2v) is 23.2. The Morgan fingerprint density at radius 2 is 0.908 bits per heavy atom. The maximum atomic E-state index is 8.11. The number of benzene rings is 1. The molecular formula is C67H52N18OS+4. The molecule has 0 unspecified atom stereocenters. The van der Waals surface area contributed by atoms with Gasteiger partial charge in [-0.3, -0.25) is 44.4 Å². The normalized spacial score (nSPS) is 14.2. The van der Waals surface area contributed by atoms with E-state index in [1.807, 2.05) is 97.2 Å². The number of aromatic nitrogens is 18. The van der Waals surface area contributed by atoms with Crippen LogP contribution in [-0.2, 0) is 61.3 Å². The molecule has 0 radical (unpaired) electrons. The van der Waals surface area contributed by atoms with E-state index >= 15 is 0 Å². The number of fused-ring (bicyclic) bond motifs is 28. The van der Waals surface area contributed by atoms with Gasteiger partial charge in [-0.05, 0) is 54.6 Å². The van der Waals surface area contributed by atoms with Crippen LogP contribution < -0.4 is 18.3 Å². The minimum absolute atomic E-state index is 0.149. The van der Waals surface area contributed by atoms with Crippen LogP contribution in [0.1, 0.15) is 30.5 Å². The van der Waals surface area contributed by atoms with Gasteiger partial charge >= 0.3 is 5.71 Å². The Hall–Kier alpha value is -11.1. The minimum Gasteiger partial charge on any atom is -0.419 e. The molecular weight excluding hydrogens is 1100 g/mol. The van der Waals surface area contributed by atoms with Crippen LogP contribution in [0.4, 0.5) is 0 Å². The molecule has 0 spiro atoms. The van der Waals surface area contributed by atoms with Crippen molar-refractivity contribution in [2.45, 2.75) is 26.2 Å². The Morgan fingerprint density at radius 3 is 1.52 bits per heavy atom. The smallest absolute Gasteiger partial charge is 0.339 e. The van der Waals surface area contributed by atoms with Crippen LogP contribution in [0.2, 0.25) is 0 Å². The van der Waals surface area contributed by atoms with Crippen molar-refractivity contribution in [2.24, 2.45) is 35.1 Å². The van der Waals surface area contributed by atoms with Crippen LogP contribution in [0.3, 0.4) is 0 Å². The van der Waals surface area contributed by atoms with Crippen molar-refractivity contribution in [1.29, 1.82) is 0 Å². The van der Waals surface area contributed by atoms with Gasteiger partial charge in [-0.25, -0.2) is 36.5 Å². The number of rotatable bonds is 1. The summed E-state index contributed by atoms with van der Waals surface area (Å²) in [5.74, 6) is 4.13. The predicted molar refractivity (Wildman–Crippen MR) is 331 cm³/mol. The first-order valence-corrected chi connectivity index (χ1v) is 29.1. The molecule has 17 aromatic rings. The fraction of sp³-hybridized carbons (Fsp3) is 0.134. The van der Waals surface area contributed by atoms with E-state index in [4.69, 9.17) is 12.6 Å². The van der Waals surface area contributed by atoms with Gasteiger partial charge in [-0.1, -0.05) is 29.5 Å². The summed E-state index contributed by atoms with van der Waals surface area (Å²) in [6.07, 6.45) is 29.2. The lowest BCUT2D eigenvalue weighted by Gasteiger charge is -2.03. The molecule has 4 aliphatic heterocycles. The molecule has 0 fully saturated rings.